The highest BCUT2D eigenvalue weighted by Gasteiger charge is 2.35. The lowest BCUT2D eigenvalue weighted by atomic mass is 10.0. The molecule has 0 radical (unpaired) electrons. The summed E-state index contributed by atoms with van der Waals surface area (Å²) >= 11 is 0. The number of amides is 2. The summed E-state index contributed by atoms with van der Waals surface area (Å²) in [4.78, 5) is 28.7. The van der Waals surface area contributed by atoms with Gasteiger partial charge >= 0.3 is 0 Å². The van der Waals surface area contributed by atoms with Gasteiger partial charge in [-0.3, -0.25) is 9.59 Å². The van der Waals surface area contributed by atoms with Gasteiger partial charge in [0.1, 0.15) is 5.82 Å². The molecule has 25 heavy (non-hydrogen) atoms. The summed E-state index contributed by atoms with van der Waals surface area (Å²) in [5.74, 6) is -0.679. The van der Waals surface area contributed by atoms with Crippen LogP contribution in [0.5, 0.6) is 0 Å². The first-order chi connectivity index (χ1) is 12.1. The average Bonchev–Trinajstić information content (AvgIpc) is 2.99. The second-order valence-corrected chi connectivity index (χ2v) is 6.59. The van der Waals surface area contributed by atoms with E-state index in [0.29, 0.717) is 19.6 Å². The van der Waals surface area contributed by atoms with Crippen molar-refractivity contribution in [2.45, 2.75) is 25.4 Å². The molecule has 2 heterocycles. The van der Waals surface area contributed by atoms with Crippen molar-refractivity contribution in [2.75, 3.05) is 13.1 Å². The summed E-state index contributed by atoms with van der Waals surface area (Å²) in [6.45, 7) is 1.72. The molecule has 2 amide bonds. The van der Waals surface area contributed by atoms with Gasteiger partial charge in [0.05, 0.1) is 5.56 Å². The van der Waals surface area contributed by atoms with Gasteiger partial charge in [-0.05, 0) is 36.6 Å². The molecule has 0 bridgehead atoms. The quantitative estimate of drug-likeness (QED) is 0.844. The van der Waals surface area contributed by atoms with Crippen LogP contribution in [0.15, 0.2) is 48.5 Å². The Morgan fingerprint density at radius 3 is 2.40 bits per heavy atom. The van der Waals surface area contributed by atoms with E-state index in [0.717, 1.165) is 24.0 Å². The van der Waals surface area contributed by atoms with Gasteiger partial charge in [-0.15, -0.1) is 0 Å². The molecule has 5 heteroatoms. The van der Waals surface area contributed by atoms with E-state index in [1.807, 2.05) is 29.2 Å². The molecular weight excluding hydrogens is 319 g/mol. The molecule has 2 aromatic carbocycles. The van der Waals surface area contributed by atoms with Crippen molar-refractivity contribution in [1.29, 1.82) is 0 Å². The number of carbonyl (C=O) groups is 2. The molecule has 0 spiro atoms. The number of fused-ring (bicyclic) bond motifs is 1. The summed E-state index contributed by atoms with van der Waals surface area (Å²) in [6, 6.07) is 13.9. The fourth-order valence-corrected chi connectivity index (χ4v) is 3.76. The second-order valence-electron chi connectivity index (χ2n) is 6.59. The summed E-state index contributed by atoms with van der Waals surface area (Å²) in [7, 11) is 0. The SMILES string of the molecule is O=C(c1ccccc1F)N1CCC(N2Cc3ccccc3C2=O)CC1. The monoisotopic (exact) mass is 338 g/mol. The lowest BCUT2D eigenvalue weighted by Crippen LogP contribution is -2.47. The van der Waals surface area contributed by atoms with Crippen LogP contribution in [-0.4, -0.2) is 40.7 Å². The van der Waals surface area contributed by atoms with Crippen molar-refractivity contribution < 1.29 is 14.0 Å². The third-order valence-electron chi connectivity index (χ3n) is 5.15. The van der Waals surface area contributed by atoms with Crippen LogP contribution in [-0.2, 0) is 6.54 Å². The molecule has 128 valence electrons. The van der Waals surface area contributed by atoms with Crippen molar-refractivity contribution in [1.82, 2.24) is 9.80 Å². The van der Waals surface area contributed by atoms with Gasteiger partial charge < -0.3 is 9.80 Å². The van der Waals surface area contributed by atoms with Crippen molar-refractivity contribution in [3.63, 3.8) is 0 Å². The fraction of sp³-hybridized carbons (Fsp3) is 0.300. The van der Waals surface area contributed by atoms with Gasteiger partial charge in [0.25, 0.3) is 11.8 Å². The first-order valence-corrected chi connectivity index (χ1v) is 8.58. The maximum absolute atomic E-state index is 13.8. The molecule has 2 aromatic rings. The van der Waals surface area contributed by atoms with Crippen LogP contribution in [0.25, 0.3) is 0 Å². The Bertz CT molecular complexity index is 828. The number of likely N-dealkylation sites (tertiary alicyclic amines) is 1. The average molecular weight is 338 g/mol. The molecule has 0 atom stereocenters. The van der Waals surface area contributed by atoms with E-state index in [9.17, 15) is 14.0 Å². The van der Waals surface area contributed by atoms with E-state index in [4.69, 9.17) is 0 Å². The third kappa shape index (κ3) is 2.80. The van der Waals surface area contributed by atoms with E-state index in [1.54, 1.807) is 17.0 Å². The summed E-state index contributed by atoms with van der Waals surface area (Å²) in [5, 5.41) is 0. The highest BCUT2D eigenvalue weighted by Crippen LogP contribution is 2.28. The lowest BCUT2D eigenvalue weighted by molar-refractivity contribution is 0.0533. The van der Waals surface area contributed by atoms with Gasteiger partial charge in [-0.1, -0.05) is 30.3 Å². The van der Waals surface area contributed by atoms with E-state index in [2.05, 4.69) is 0 Å². The van der Waals surface area contributed by atoms with E-state index in [1.165, 1.54) is 12.1 Å². The number of rotatable bonds is 2. The van der Waals surface area contributed by atoms with Crippen molar-refractivity contribution >= 4 is 11.8 Å². The van der Waals surface area contributed by atoms with Gasteiger partial charge in [0, 0.05) is 31.2 Å². The molecule has 0 saturated carbocycles. The predicted octanol–water partition coefficient (Wildman–Crippen LogP) is 3.09. The fourth-order valence-electron chi connectivity index (χ4n) is 3.76. The highest BCUT2D eigenvalue weighted by atomic mass is 19.1. The molecule has 0 aromatic heterocycles. The van der Waals surface area contributed by atoms with Gasteiger partial charge in [0.2, 0.25) is 0 Å². The van der Waals surface area contributed by atoms with E-state index >= 15 is 0 Å². The van der Waals surface area contributed by atoms with E-state index in [-0.39, 0.29) is 23.4 Å². The van der Waals surface area contributed by atoms with Crippen molar-refractivity contribution in [2.24, 2.45) is 0 Å². The zero-order chi connectivity index (χ0) is 17.4. The number of carbonyl (C=O) groups excluding carboxylic acids is 2. The summed E-state index contributed by atoms with van der Waals surface area (Å²) in [6.07, 6.45) is 1.44. The molecule has 4 nitrogen and oxygen atoms in total. The standard InChI is InChI=1S/C20H19FN2O2/c21-18-8-4-3-7-17(18)19(24)22-11-9-15(10-12-22)23-13-14-5-1-2-6-16(14)20(23)25/h1-8,15H,9-13H2. The van der Waals surface area contributed by atoms with Crippen LogP contribution in [0.1, 0.15) is 39.1 Å². The maximum Gasteiger partial charge on any atom is 0.256 e. The van der Waals surface area contributed by atoms with Crippen molar-refractivity contribution in [3.8, 4) is 0 Å². The normalized spacial score (nSPS) is 17.7. The Morgan fingerprint density at radius 2 is 1.68 bits per heavy atom. The molecule has 2 aliphatic rings. The minimum Gasteiger partial charge on any atom is -0.338 e. The van der Waals surface area contributed by atoms with Gasteiger partial charge in [-0.25, -0.2) is 4.39 Å². The number of halogens is 1. The Hall–Kier alpha value is -2.69. The van der Waals surface area contributed by atoms with Crippen LogP contribution in [0.2, 0.25) is 0 Å². The second kappa shape index (κ2) is 6.31. The molecule has 0 aliphatic carbocycles. The molecule has 1 fully saturated rings. The minimum atomic E-state index is -0.486. The topological polar surface area (TPSA) is 40.6 Å². The Morgan fingerprint density at radius 1 is 1.00 bits per heavy atom. The number of piperidine rings is 1. The molecule has 4 rings (SSSR count). The zero-order valence-corrected chi connectivity index (χ0v) is 13.8. The summed E-state index contributed by atoms with van der Waals surface area (Å²) in [5.41, 5.74) is 1.97. The van der Waals surface area contributed by atoms with Crippen LogP contribution in [0.3, 0.4) is 0 Å². The highest BCUT2D eigenvalue weighted by molar-refractivity contribution is 5.98. The smallest absolute Gasteiger partial charge is 0.256 e. The van der Waals surface area contributed by atoms with Crippen molar-refractivity contribution in [3.05, 3.63) is 71.0 Å². The number of nitrogens with zero attached hydrogens (tertiary/aromatic N) is 2. The largest absolute Gasteiger partial charge is 0.338 e. The van der Waals surface area contributed by atoms with E-state index < -0.39 is 5.82 Å². The van der Waals surface area contributed by atoms with Crippen LogP contribution >= 0.6 is 0 Å². The van der Waals surface area contributed by atoms with Crippen LogP contribution in [0, 0.1) is 5.82 Å². The lowest BCUT2D eigenvalue weighted by Gasteiger charge is -2.36. The van der Waals surface area contributed by atoms with Gasteiger partial charge in [-0.2, -0.15) is 0 Å². The Labute approximate surface area is 145 Å². The van der Waals surface area contributed by atoms with Crippen LogP contribution in [0.4, 0.5) is 4.39 Å². The first kappa shape index (κ1) is 15.8. The molecular formula is C20H19FN2O2. The predicted molar refractivity (Wildman–Crippen MR) is 91.6 cm³/mol. The summed E-state index contributed by atoms with van der Waals surface area (Å²) < 4.78 is 13.8. The maximum atomic E-state index is 13.8. The molecule has 0 N–H and O–H groups in total. The zero-order valence-electron chi connectivity index (χ0n) is 13.8. The minimum absolute atomic E-state index is 0.0782. The Balaban J connectivity index is 1.42. The number of hydrogen-bond acceptors (Lipinski definition) is 2. The number of benzene rings is 2. The third-order valence-corrected chi connectivity index (χ3v) is 5.15. The molecule has 0 unspecified atom stereocenters. The molecule has 2 aliphatic heterocycles. The number of hydrogen-bond donors (Lipinski definition) is 0. The Kier molecular flexibility index (Phi) is 3.99. The van der Waals surface area contributed by atoms with Crippen LogP contribution < -0.4 is 0 Å². The molecule has 1 saturated heterocycles. The first-order valence-electron chi connectivity index (χ1n) is 8.58. The van der Waals surface area contributed by atoms with Gasteiger partial charge in [0.15, 0.2) is 0 Å².